The first kappa shape index (κ1) is 88.9. The third-order valence-electron chi connectivity index (χ3n) is 13.6. The lowest BCUT2D eigenvalue weighted by atomic mass is 10.1. The second kappa shape index (κ2) is 49.3. The van der Waals surface area contributed by atoms with Crippen molar-refractivity contribution < 1.29 is 62.3 Å². The Balaban J connectivity index is 0.000000440. The number of imide groups is 1. The summed E-state index contributed by atoms with van der Waals surface area (Å²) in [5.74, 6) is 4.17. The van der Waals surface area contributed by atoms with Crippen LogP contribution in [0.1, 0.15) is 126 Å². The fourth-order valence-corrected chi connectivity index (χ4v) is 12.1. The summed E-state index contributed by atoms with van der Waals surface area (Å²) in [6.45, 7) is 12.8. The number of azo groups is 2. The molecular weight excluding hydrogens is 1410 g/mol. The first-order valence-corrected chi connectivity index (χ1v) is 38.6. The molecule has 9 N–H and O–H groups in total. The van der Waals surface area contributed by atoms with Crippen LogP contribution in [0.2, 0.25) is 0 Å². The van der Waals surface area contributed by atoms with Gasteiger partial charge in [-0.25, -0.2) is 14.4 Å². The van der Waals surface area contributed by atoms with Gasteiger partial charge in [-0.1, -0.05) is 55.0 Å². The Hall–Kier alpha value is -9.34. The fourth-order valence-electron chi connectivity index (χ4n) is 8.31. The Labute approximate surface area is 626 Å². The zero-order chi connectivity index (χ0) is 76.9. The van der Waals surface area contributed by atoms with Crippen LogP contribution >= 0.6 is 43.2 Å². The monoisotopic (exact) mass is 1510 g/mol. The Kier molecular flexibility index (Phi) is 42.2. The number of carbonyl (C=O) groups is 10. The van der Waals surface area contributed by atoms with E-state index in [4.69, 9.17) is 32.9 Å². The van der Waals surface area contributed by atoms with E-state index < -0.39 is 53.3 Å². The Morgan fingerprint density at radius 2 is 0.885 bits per heavy atom. The van der Waals surface area contributed by atoms with Gasteiger partial charge in [0.05, 0.1) is 48.3 Å². The SMILES string of the molecule is C#CCNC(=O)C(CCCCNC(=O)OC(C)(C)C)NC(=O)CCSSCCNC(=O)c1ccc(N=Nc2ccc(N(C)C)cc2)cc1.C#CCNC(=O)C(N)CCCCNC(=O)OC(C)(C)C.CN(C)c1ccc(N=Nc2ccc(C(=O)NCCSSCCC(=O)ON3C(=O)CCC3=O)cc2)cc1. The van der Waals surface area contributed by atoms with Gasteiger partial charge in [0.25, 0.3) is 23.6 Å². The molecule has 1 aliphatic heterocycles. The highest BCUT2D eigenvalue weighted by molar-refractivity contribution is 8.77. The summed E-state index contributed by atoms with van der Waals surface area (Å²) in [5.41, 5.74) is 10.6. The van der Waals surface area contributed by atoms with Gasteiger partial charge in [-0.15, -0.1) is 17.9 Å². The molecule has 9 amide bonds. The molecule has 4 aromatic carbocycles. The third kappa shape index (κ3) is 39.9. The molecule has 564 valence electrons. The second-order valence-electron chi connectivity index (χ2n) is 25.1. The maximum Gasteiger partial charge on any atom is 0.407 e. The molecule has 104 heavy (non-hydrogen) atoms. The van der Waals surface area contributed by atoms with E-state index in [-0.39, 0.29) is 68.3 Å². The third-order valence-corrected chi connectivity index (χ3v) is 18.4. The molecule has 28 nitrogen and oxygen atoms in total. The lowest BCUT2D eigenvalue weighted by Gasteiger charge is -2.20. The first-order valence-electron chi connectivity index (χ1n) is 33.6. The van der Waals surface area contributed by atoms with Gasteiger partial charge in [-0.05, 0) is 177 Å². The van der Waals surface area contributed by atoms with Crippen LogP contribution in [0.25, 0.3) is 0 Å². The molecule has 0 saturated carbocycles. The number of nitrogens with two attached hydrogens (primary N) is 1. The summed E-state index contributed by atoms with van der Waals surface area (Å²) in [5, 5.41) is 36.5. The van der Waals surface area contributed by atoms with Crippen molar-refractivity contribution in [2.45, 2.75) is 129 Å². The quantitative estimate of drug-likeness (QED) is 0.00679. The van der Waals surface area contributed by atoms with E-state index in [1.165, 1.54) is 32.4 Å². The van der Waals surface area contributed by atoms with E-state index in [0.717, 1.165) is 35.6 Å². The normalized spacial score (nSPS) is 12.3. The van der Waals surface area contributed by atoms with Crippen LogP contribution in [0.3, 0.4) is 0 Å². The van der Waals surface area contributed by atoms with Crippen LogP contribution in [-0.2, 0) is 43.1 Å². The van der Waals surface area contributed by atoms with E-state index in [2.05, 4.69) is 69.5 Å². The van der Waals surface area contributed by atoms with Crippen LogP contribution in [0.4, 0.5) is 43.7 Å². The lowest BCUT2D eigenvalue weighted by molar-refractivity contribution is -0.197. The topological polar surface area (TPSA) is 368 Å². The predicted octanol–water partition coefficient (Wildman–Crippen LogP) is 10.6. The molecule has 0 radical (unpaired) electrons. The molecule has 2 unspecified atom stereocenters. The number of anilines is 2. The standard InChI is InChI=1S/C34H47N7O5S2.C24H27N5O5S2.C14H25N3O3/c1-7-20-35-32(44)29(10-8-9-21-37-33(45)46-34(2,3)4)38-30(42)19-23-47-48-24-22-36-31(43)25-11-13-26(14-12-25)39-40-27-15-17-28(18-16-27)41(5)6;1-28(2)20-9-7-19(8-10-20)27-26-18-5-3-17(4-6-18)24(33)25-14-16-36-35-15-13-23(32)34-29-21(30)11-12-22(29)31;1-5-9-16-12(18)11(15)8-6-7-10-17-13(19)20-14(2,3)4/h1,11-18,29H,8-10,19-24H2,2-6H3,(H,35,44)(H,36,43)(H,37,45)(H,38,42);3-10H,11-16H2,1-2H3,(H,25,33);1,11H,6-10,15H2,2-4H3,(H,16,18)(H,17,19). The molecule has 5 rings (SSSR count). The van der Waals surface area contributed by atoms with Gasteiger partial charge in [-0.2, -0.15) is 20.5 Å². The molecule has 0 bridgehead atoms. The number of alkyl carbamates (subject to hydrolysis) is 2. The van der Waals surface area contributed by atoms with Crippen molar-refractivity contribution in [2.24, 2.45) is 26.2 Å². The molecule has 1 heterocycles. The highest BCUT2D eigenvalue weighted by Gasteiger charge is 2.33. The fraction of sp³-hybridized carbons (Fsp3) is 0.472. The van der Waals surface area contributed by atoms with E-state index in [1.54, 1.807) is 101 Å². The minimum atomic E-state index is -0.724. The number of carbonyl (C=O) groups excluding carboxylic acids is 10. The van der Waals surface area contributed by atoms with Crippen LogP contribution in [0.15, 0.2) is 118 Å². The summed E-state index contributed by atoms with van der Waals surface area (Å²) in [7, 11) is 13.9. The van der Waals surface area contributed by atoms with Gasteiger partial charge in [0, 0.05) is 119 Å². The number of amides is 9. The van der Waals surface area contributed by atoms with Gasteiger partial charge in [-0.3, -0.25) is 33.6 Å². The number of terminal acetylenes is 2. The van der Waals surface area contributed by atoms with E-state index in [9.17, 15) is 47.9 Å². The van der Waals surface area contributed by atoms with Gasteiger partial charge >= 0.3 is 18.2 Å². The van der Waals surface area contributed by atoms with E-state index >= 15 is 0 Å². The van der Waals surface area contributed by atoms with Crippen molar-refractivity contribution in [3.8, 4) is 24.7 Å². The zero-order valence-electron chi connectivity index (χ0n) is 60.8. The molecule has 1 saturated heterocycles. The first-order chi connectivity index (χ1) is 49.5. The largest absolute Gasteiger partial charge is 0.444 e. The van der Waals surface area contributed by atoms with Crippen molar-refractivity contribution in [1.82, 2.24) is 42.3 Å². The van der Waals surface area contributed by atoms with Crippen LogP contribution in [0, 0.1) is 24.7 Å². The molecular formula is C72H99N15O13S4. The number of unbranched alkanes of at least 4 members (excludes halogenated alkanes) is 2. The van der Waals surface area contributed by atoms with E-state index in [1.807, 2.05) is 86.5 Å². The Morgan fingerprint density at radius 3 is 1.28 bits per heavy atom. The molecule has 0 spiro atoms. The highest BCUT2D eigenvalue weighted by atomic mass is 33.1. The summed E-state index contributed by atoms with van der Waals surface area (Å²) < 4.78 is 10.3. The van der Waals surface area contributed by atoms with Crippen LogP contribution in [0.5, 0.6) is 0 Å². The van der Waals surface area contributed by atoms with Crippen molar-refractivity contribution in [3.05, 3.63) is 108 Å². The molecule has 0 aromatic heterocycles. The van der Waals surface area contributed by atoms with Crippen LogP contribution < -0.4 is 52.8 Å². The minimum Gasteiger partial charge on any atom is -0.444 e. The maximum atomic E-state index is 12.6. The van der Waals surface area contributed by atoms with Gasteiger partial charge in [0.15, 0.2) is 0 Å². The molecule has 4 aromatic rings. The number of nitrogens with zero attached hydrogens (tertiary/aromatic N) is 7. The predicted molar refractivity (Wildman–Crippen MR) is 413 cm³/mol. The Bertz CT molecular complexity index is 3510. The number of rotatable bonds is 38. The molecule has 1 aliphatic rings. The van der Waals surface area contributed by atoms with Crippen LogP contribution in [-0.4, -0.2) is 178 Å². The van der Waals surface area contributed by atoms with Gasteiger partial charge in [0.2, 0.25) is 17.7 Å². The zero-order valence-corrected chi connectivity index (χ0v) is 64.1. The molecule has 2 atom stereocenters. The number of benzene rings is 4. The summed E-state index contributed by atoms with van der Waals surface area (Å²) in [6.07, 6.45) is 13.4. The highest BCUT2D eigenvalue weighted by Crippen LogP contribution is 2.26. The van der Waals surface area contributed by atoms with Gasteiger partial charge < -0.3 is 67.1 Å². The van der Waals surface area contributed by atoms with Crippen molar-refractivity contribution >= 4 is 137 Å². The minimum absolute atomic E-state index is 0.0683. The maximum absolute atomic E-state index is 12.6. The van der Waals surface area contributed by atoms with Gasteiger partial charge in [0.1, 0.15) is 17.2 Å². The summed E-state index contributed by atoms with van der Waals surface area (Å²) in [6, 6.07) is 27.9. The number of nitrogens with one attached hydrogen (secondary N) is 7. The Morgan fingerprint density at radius 1 is 0.510 bits per heavy atom. The molecule has 0 aliphatic carbocycles. The number of hydrogen-bond acceptors (Lipinski definition) is 24. The van der Waals surface area contributed by atoms with E-state index in [0.29, 0.717) is 102 Å². The smallest absolute Gasteiger partial charge is 0.407 e. The van der Waals surface area contributed by atoms with Crippen molar-refractivity contribution in [2.75, 3.05) is 100 Å². The lowest BCUT2D eigenvalue weighted by Crippen LogP contribution is -2.47. The second-order valence-corrected chi connectivity index (χ2v) is 30.5. The summed E-state index contributed by atoms with van der Waals surface area (Å²) in [4.78, 5) is 128. The number of hydrogen-bond donors (Lipinski definition) is 8. The molecule has 1 fully saturated rings. The average Bonchev–Trinajstić information content (AvgIpc) is 1.81. The van der Waals surface area contributed by atoms with Crippen molar-refractivity contribution in [1.29, 1.82) is 0 Å². The van der Waals surface area contributed by atoms with Crippen molar-refractivity contribution in [3.63, 3.8) is 0 Å². The number of ether oxygens (including phenoxy) is 2. The average molecular weight is 1510 g/mol. The summed E-state index contributed by atoms with van der Waals surface area (Å²) >= 11 is 0. The number of hydroxylamine groups is 2. The molecule has 32 heteroatoms.